The number of hydrogen-bond donors (Lipinski definition) is 7. The van der Waals surface area contributed by atoms with Crippen molar-refractivity contribution < 1.29 is 40.2 Å². The van der Waals surface area contributed by atoms with Gasteiger partial charge >= 0.3 is 0 Å². The Hall–Kier alpha value is -1.17. The van der Waals surface area contributed by atoms with Gasteiger partial charge in [0.2, 0.25) is 5.24 Å². The van der Waals surface area contributed by atoms with Crippen LogP contribution in [0, 0.1) is 5.41 Å². The standard InChI is InChI=1S/C8H14O4.C4H11NO3.C3H3ClO/c1-2-7(12)3-8(4-9,5-10)6-11;5-4(1-6,2-7)3-8;1-2-3(4)5/h2,9-11H,1,3-6H2;6-8H,1-3,5H2;2H,1H2. The third-order valence-corrected chi connectivity index (χ3v) is 3.04. The molecule has 0 saturated carbocycles. The van der Waals surface area contributed by atoms with Crippen molar-refractivity contribution in [2.45, 2.75) is 12.0 Å². The highest BCUT2D eigenvalue weighted by atomic mass is 35.5. The molecule has 0 atom stereocenters. The molecule has 9 nitrogen and oxygen atoms in total. The molecule has 0 aromatic carbocycles. The summed E-state index contributed by atoms with van der Waals surface area (Å²) in [4.78, 5) is 20.3. The molecule has 10 heteroatoms. The first-order chi connectivity index (χ1) is 11.6. The molecule has 148 valence electrons. The number of rotatable bonds is 10. The Kier molecular flexibility index (Phi) is 18.7. The van der Waals surface area contributed by atoms with E-state index in [0.717, 1.165) is 12.2 Å². The Morgan fingerprint density at radius 3 is 1.28 bits per heavy atom. The van der Waals surface area contributed by atoms with E-state index in [1.165, 1.54) is 0 Å². The molecule has 0 spiro atoms. The van der Waals surface area contributed by atoms with E-state index in [1.807, 2.05) is 0 Å². The lowest BCUT2D eigenvalue weighted by molar-refractivity contribution is -0.120. The van der Waals surface area contributed by atoms with E-state index in [2.05, 4.69) is 13.2 Å². The number of aliphatic hydroxyl groups excluding tert-OH is 6. The van der Waals surface area contributed by atoms with Gasteiger partial charge in [-0.05, 0) is 23.8 Å². The van der Waals surface area contributed by atoms with Crippen molar-refractivity contribution in [1.29, 1.82) is 0 Å². The van der Waals surface area contributed by atoms with Crippen LogP contribution in [-0.4, -0.2) is 86.8 Å². The van der Waals surface area contributed by atoms with Crippen LogP contribution in [0.3, 0.4) is 0 Å². The second kappa shape index (κ2) is 16.3. The Bertz CT molecular complexity index is 378. The number of aliphatic hydroxyl groups is 6. The SMILES string of the molecule is C=CC(=O)CC(CO)(CO)CO.C=CC(=O)Cl.NC(CO)(CO)CO. The van der Waals surface area contributed by atoms with E-state index in [9.17, 15) is 9.59 Å². The van der Waals surface area contributed by atoms with Crippen LogP contribution in [0.15, 0.2) is 25.3 Å². The Morgan fingerprint density at radius 1 is 0.840 bits per heavy atom. The summed E-state index contributed by atoms with van der Waals surface area (Å²) < 4.78 is 0. The van der Waals surface area contributed by atoms with E-state index in [1.54, 1.807) is 0 Å². The molecule has 0 aromatic rings. The fraction of sp³-hybridized carbons (Fsp3) is 0.600. The molecule has 0 radical (unpaired) electrons. The monoisotopic (exact) mass is 385 g/mol. The Labute approximate surface area is 151 Å². The van der Waals surface area contributed by atoms with Gasteiger partial charge in [0.25, 0.3) is 0 Å². The average molecular weight is 386 g/mol. The fourth-order valence-electron chi connectivity index (χ4n) is 0.909. The van der Waals surface area contributed by atoms with Crippen LogP contribution in [-0.2, 0) is 9.59 Å². The minimum Gasteiger partial charge on any atom is -0.396 e. The quantitative estimate of drug-likeness (QED) is 0.160. The van der Waals surface area contributed by atoms with Gasteiger partial charge in [0.05, 0.1) is 45.2 Å². The third-order valence-electron chi connectivity index (χ3n) is 2.89. The van der Waals surface area contributed by atoms with Gasteiger partial charge < -0.3 is 36.4 Å². The highest BCUT2D eigenvalue weighted by molar-refractivity contribution is 6.66. The van der Waals surface area contributed by atoms with Crippen LogP contribution in [0.1, 0.15) is 6.42 Å². The molecule has 0 aromatic heterocycles. The summed E-state index contributed by atoms with van der Waals surface area (Å²) in [5.41, 5.74) is 2.83. The molecule has 0 aliphatic carbocycles. The topological polar surface area (TPSA) is 182 Å². The van der Waals surface area contributed by atoms with Crippen LogP contribution in [0.25, 0.3) is 0 Å². The molecule has 25 heavy (non-hydrogen) atoms. The summed E-state index contributed by atoms with van der Waals surface area (Å²) in [6.07, 6.45) is 2.07. The molecule has 0 saturated heterocycles. The highest BCUT2D eigenvalue weighted by Gasteiger charge is 2.29. The van der Waals surface area contributed by atoms with E-state index in [4.69, 9.17) is 48.0 Å². The third kappa shape index (κ3) is 14.8. The van der Waals surface area contributed by atoms with Crippen molar-refractivity contribution in [1.82, 2.24) is 0 Å². The van der Waals surface area contributed by atoms with Crippen molar-refractivity contribution >= 4 is 22.6 Å². The summed E-state index contributed by atoms with van der Waals surface area (Å²) >= 11 is 4.71. The minimum atomic E-state index is -1.21. The highest BCUT2D eigenvalue weighted by Crippen LogP contribution is 2.20. The van der Waals surface area contributed by atoms with Crippen LogP contribution in [0.5, 0.6) is 0 Å². The van der Waals surface area contributed by atoms with Gasteiger partial charge in [-0.2, -0.15) is 0 Å². The van der Waals surface area contributed by atoms with Gasteiger partial charge in [-0.3, -0.25) is 9.59 Å². The largest absolute Gasteiger partial charge is 0.396 e. The number of ketones is 1. The predicted octanol–water partition coefficient (Wildman–Crippen LogP) is -2.31. The zero-order chi connectivity index (χ0) is 20.5. The molecule has 0 heterocycles. The first kappa shape index (κ1) is 28.6. The first-order valence-electron chi connectivity index (χ1n) is 7.01. The maximum Gasteiger partial charge on any atom is 0.244 e. The lowest BCUT2D eigenvalue weighted by Gasteiger charge is -2.25. The van der Waals surface area contributed by atoms with Gasteiger partial charge in [0.1, 0.15) is 0 Å². The lowest BCUT2D eigenvalue weighted by Crippen LogP contribution is -2.50. The predicted molar refractivity (Wildman–Crippen MR) is 92.7 cm³/mol. The van der Waals surface area contributed by atoms with Crippen LogP contribution in [0.4, 0.5) is 0 Å². The molecule has 0 aliphatic rings. The normalized spacial score (nSPS) is 10.6. The van der Waals surface area contributed by atoms with Crippen molar-refractivity contribution in [3.05, 3.63) is 25.3 Å². The molecule has 0 unspecified atom stereocenters. The van der Waals surface area contributed by atoms with Gasteiger partial charge in [-0.15, -0.1) is 0 Å². The summed E-state index contributed by atoms with van der Waals surface area (Å²) in [6.45, 7) is 3.87. The smallest absolute Gasteiger partial charge is 0.244 e. The maximum absolute atomic E-state index is 10.9. The number of halogens is 1. The molecule has 0 amide bonds. The van der Waals surface area contributed by atoms with Gasteiger partial charge in [-0.1, -0.05) is 13.2 Å². The Balaban J connectivity index is -0.000000321. The minimum absolute atomic E-state index is 0.0833. The molecule has 8 N–H and O–H groups in total. The van der Waals surface area contributed by atoms with Crippen LogP contribution < -0.4 is 5.73 Å². The number of nitrogens with two attached hydrogens (primary N) is 1. The number of carbonyl (C=O) groups is 2. The summed E-state index contributed by atoms with van der Waals surface area (Å²) in [7, 11) is 0. The van der Waals surface area contributed by atoms with Crippen LogP contribution >= 0.6 is 11.6 Å². The molecule has 0 rings (SSSR count). The second-order valence-electron chi connectivity index (χ2n) is 5.17. The molecular formula is C15H28ClNO8. The Morgan fingerprint density at radius 2 is 1.16 bits per heavy atom. The first-order valence-corrected chi connectivity index (χ1v) is 7.38. The second-order valence-corrected chi connectivity index (χ2v) is 5.54. The summed E-state index contributed by atoms with van der Waals surface area (Å²) in [6, 6.07) is 0. The molecule has 0 fully saturated rings. The van der Waals surface area contributed by atoms with E-state index in [-0.39, 0.29) is 12.2 Å². The summed E-state index contributed by atoms with van der Waals surface area (Å²) in [5, 5.41) is 51.0. The number of allylic oxidation sites excluding steroid dienone is 2. The van der Waals surface area contributed by atoms with Crippen molar-refractivity contribution in [2.24, 2.45) is 11.1 Å². The van der Waals surface area contributed by atoms with Gasteiger partial charge in [0.15, 0.2) is 5.78 Å². The maximum atomic E-state index is 10.9. The van der Waals surface area contributed by atoms with E-state index in [0.29, 0.717) is 0 Å². The fourth-order valence-corrected chi connectivity index (χ4v) is 0.909. The lowest BCUT2D eigenvalue weighted by atomic mass is 9.85. The van der Waals surface area contributed by atoms with E-state index >= 15 is 0 Å². The van der Waals surface area contributed by atoms with Crippen molar-refractivity contribution in [3.8, 4) is 0 Å². The molecule has 0 aliphatic heterocycles. The molecular weight excluding hydrogens is 358 g/mol. The number of carbonyl (C=O) groups excluding carboxylic acids is 2. The summed E-state index contributed by atoms with van der Waals surface area (Å²) in [5.74, 6) is -0.299. The van der Waals surface area contributed by atoms with Crippen molar-refractivity contribution in [2.75, 3.05) is 39.6 Å². The average Bonchev–Trinajstić information content (AvgIpc) is 2.66. The number of hydrogen-bond acceptors (Lipinski definition) is 9. The van der Waals surface area contributed by atoms with E-state index < -0.39 is 55.8 Å². The van der Waals surface area contributed by atoms with Gasteiger partial charge in [0, 0.05) is 11.8 Å². The van der Waals surface area contributed by atoms with Gasteiger partial charge in [-0.25, -0.2) is 0 Å². The zero-order valence-electron chi connectivity index (χ0n) is 14.0. The zero-order valence-corrected chi connectivity index (χ0v) is 14.7. The van der Waals surface area contributed by atoms with Crippen molar-refractivity contribution in [3.63, 3.8) is 0 Å². The molecule has 0 bridgehead atoms. The van der Waals surface area contributed by atoms with Crippen LogP contribution in [0.2, 0.25) is 0 Å².